The van der Waals surface area contributed by atoms with Crippen molar-refractivity contribution in [3.63, 3.8) is 0 Å². The summed E-state index contributed by atoms with van der Waals surface area (Å²) >= 11 is 0. The zero-order chi connectivity index (χ0) is 6.69. The Morgan fingerprint density at radius 2 is 1.70 bits per heavy atom. The first-order valence-corrected chi connectivity index (χ1v) is 2.59. The van der Waals surface area contributed by atoms with Gasteiger partial charge in [0.1, 0.15) is 0 Å². The Balaban J connectivity index is 0.000000810. The van der Waals surface area contributed by atoms with Crippen LogP contribution in [0.4, 0.5) is 0 Å². The molecule has 0 fully saturated rings. The molecule has 1 rings (SSSR count). The molecule has 0 aliphatic rings. The Hall–Kier alpha value is -0.310. The van der Waals surface area contributed by atoms with E-state index in [0.717, 1.165) is 0 Å². The van der Waals surface area contributed by atoms with E-state index in [2.05, 4.69) is 0 Å². The topological polar surface area (TPSA) is 37.3 Å². The summed E-state index contributed by atoms with van der Waals surface area (Å²) in [5.74, 6) is -0.879. The van der Waals surface area contributed by atoms with E-state index >= 15 is 0 Å². The first-order chi connectivity index (χ1) is 4.30. The molecule has 0 unspecified atom stereocenters. The van der Waals surface area contributed by atoms with Gasteiger partial charge in [-0.05, 0) is 12.1 Å². The summed E-state index contributed by atoms with van der Waals surface area (Å²) < 4.78 is 0. The van der Waals surface area contributed by atoms with Gasteiger partial charge in [0.15, 0.2) is 0 Å². The van der Waals surface area contributed by atoms with Crippen LogP contribution in [0, 0.1) is 0 Å². The fourth-order valence-electron chi connectivity index (χ4n) is 0.581. The molecule has 0 saturated heterocycles. The SMILES string of the molecule is O=C(O)c1ccccc1.[Na]. The minimum absolute atomic E-state index is 0. The average Bonchev–Trinajstić information content (AvgIpc) is 1.90. The van der Waals surface area contributed by atoms with E-state index in [9.17, 15) is 4.79 Å². The van der Waals surface area contributed by atoms with Crippen LogP contribution in [0.25, 0.3) is 0 Å². The Morgan fingerprint density at radius 3 is 2.00 bits per heavy atom. The first kappa shape index (κ1) is 9.69. The van der Waals surface area contributed by atoms with Crippen molar-refractivity contribution in [1.29, 1.82) is 0 Å². The number of hydrogen-bond donors (Lipinski definition) is 1. The van der Waals surface area contributed by atoms with Crippen molar-refractivity contribution >= 4 is 35.5 Å². The normalized spacial score (nSPS) is 8.00. The maximum absolute atomic E-state index is 10.2. The summed E-state index contributed by atoms with van der Waals surface area (Å²) in [7, 11) is 0. The third kappa shape index (κ3) is 2.52. The summed E-state index contributed by atoms with van der Waals surface area (Å²) in [6, 6.07) is 8.30. The van der Waals surface area contributed by atoms with Gasteiger partial charge in [0.25, 0.3) is 0 Å². The second-order valence-electron chi connectivity index (χ2n) is 1.67. The molecule has 0 aliphatic heterocycles. The van der Waals surface area contributed by atoms with E-state index in [1.807, 2.05) is 0 Å². The molecular formula is C7H6NaO2. The van der Waals surface area contributed by atoms with Gasteiger partial charge >= 0.3 is 5.97 Å². The van der Waals surface area contributed by atoms with Crippen LogP contribution < -0.4 is 0 Å². The number of carbonyl (C=O) groups is 1. The molecule has 0 bridgehead atoms. The van der Waals surface area contributed by atoms with Crippen LogP contribution in [-0.4, -0.2) is 40.6 Å². The molecular weight excluding hydrogens is 139 g/mol. The molecule has 0 amide bonds. The van der Waals surface area contributed by atoms with Gasteiger partial charge in [0.05, 0.1) is 5.56 Å². The van der Waals surface area contributed by atoms with Gasteiger partial charge < -0.3 is 5.11 Å². The summed E-state index contributed by atoms with van der Waals surface area (Å²) in [5, 5.41) is 8.38. The Morgan fingerprint density at radius 1 is 1.20 bits per heavy atom. The minimum atomic E-state index is -0.879. The molecule has 0 aromatic heterocycles. The van der Waals surface area contributed by atoms with Gasteiger partial charge in [-0.3, -0.25) is 0 Å². The molecule has 0 atom stereocenters. The number of benzene rings is 1. The third-order valence-corrected chi connectivity index (χ3v) is 1.02. The maximum atomic E-state index is 10.2. The number of carboxylic acids is 1. The quantitative estimate of drug-likeness (QED) is 0.598. The second kappa shape index (κ2) is 4.50. The molecule has 2 nitrogen and oxygen atoms in total. The van der Waals surface area contributed by atoms with E-state index in [1.54, 1.807) is 30.3 Å². The first-order valence-electron chi connectivity index (χ1n) is 2.59. The monoisotopic (exact) mass is 145 g/mol. The summed E-state index contributed by atoms with van der Waals surface area (Å²) in [6.45, 7) is 0. The van der Waals surface area contributed by atoms with Crippen molar-refractivity contribution in [3.05, 3.63) is 35.9 Å². The van der Waals surface area contributed by atoms with Crippen molar-refractivity contribution in [3.8, 4) is 0 Å². The van der Waals surface area contributed by atoms with E-state index in [4.69, 9.17) is 5.11 Å². The van der Waals surface area contributed by atoms with Gasteiger partial charge in [-0.1, -0.05) is 18.2 Å². The molecule has 1 N–H and O–H groups in total. The zero-order valence-electron chi connectivity index (χ0n) is 5.74. The Bertz CT molecular complexity index is 208. The predicted octanol–water partition coefficient (Wildman–Crippen LogP) is 1.00. The zero-order valence-corrected chi connectivity index (χ0v) is 7.74. The largest absolute Gasteiger partial charge is 0.478 e. The molecule has 1 radical (unpaired) electrons. The molecule has 1 aromatic carbocycles. The molecule has 10 heavy (non-hydrogen) atoms. The smallest absolute Gasteiger partial charge is 0.335 e. The average molecular weight is 145 g/mol. The Kier molecular flexibility index (Phi) is 4.36. The van der Waals surface area contributed by atoms with E-state index in [-0.39, 0.29) is 29.6 Å². The molecule has 0 heterocycles. The summed E-state index contributed by atoms with van der Waals surface area (Å²) in [6.07, 6.45) is 0. The number of hydrogen-bond acceptors (Lipinski definition) is 1. The van der Waals surface area contributed by atoms with E-state index < -0.39 is 5.97 Å². The van der Waals surface area contributed by atoms with Crippen LogP contribution in [0.2, 0.25) is 0 Å². The summed E-state index contributed by atoms with van der Waals surface area (Å²) in [4.78, 5) is 10.2. The molecule has 1 aromatic rings. The van der Waals surface area contributed by atoms with Crippen LogP contribution in [0.15, 0.2) is 30.3 Å². The third-order valence-electron chi connectivity index (χ3n) is 1.02. The fraction of sp³-hybridized carbons (Fsp3) is 0. The van der Waals surface area contributed by atoms with Crippen LogP contribution in [0.1, 0.15) is 10.4 Å². The van der Waals surface area contributed by atoms with Crippen LogP contribution in [0.5, 0.6) is 0 Å². The standard InChI is InChI=1S/C7H6O2.Na/c8-7(9)6-4-2-1-3-5-6;/h1-5H,(H,8,9);. The van der Waals surface area contributed by atoms with Crippen molar-refractivity contribution in [2.45, 2.75) is 0 Å². The molecule has 0 aliphatic carbocycles. The fourth-order valence-corrected chi connectivity index (χ4v) is 0.581. The van der Waals surface area contributed by atoms with Gasteiger partial charge in [-0.15, -0.1) is 0 Å². The van der Waals surface area contributed by atoms with Gasteiger partial charge in [0, 0.05) is 29.6 Å². The van der Waals surface area contributed by atoms with Gasteiger partial charge in [-0.2, -0.15) is 0 Å². The van der Waals surface area contributed by atoms with Crippen LogP contribution >= 0.6 is 0 Å². The molecule has 0 spiro atoms. The van der Waals surface area contributed by atoms with E-state index in [1.165, 1.54) is 0 Å². The summed E-state index contributed by atoms with van der Waals surface area (Å²) in [5.41, 5.74) is 0.331. The van der Waals surface area contributed by atoms with E-state index in [0.29, 0.717) is 5.56 Å². The maximum Gasteiger partial charge on any atom is 0.335 e. The van der Waals surface area contributed by atoms with Gasteiger partial charge in [-0.25, -0.2) is 4.79 Å². The van der Waals surface area contributed by atoms with Crippen molar-refractivity contribution < 1.29 is 9.90 Å². The van der Waals surface area contributed by atoms with Crippen molar-refractivity contribution in [2.75, 3.05) is 0 Å². The van der Waals surface area contributed by atoms with Crippen molar-refractivity contribution in [1.82, 2.24) is 0 Å². The second-order valence-corrected chi connectivity index (χ2v) is 1.67. The Labute approximate surface area is 81.2 Å². The minimum Gasteiger partial charge on any atom is -0.478 e. The number of rotatable bonds is 1. The van der Waals surface area contributed by atoms with Crippen molar-refractivity contribution in [2.24, 2.45) is 0 Å². The number of aromatic carboxylic acids is 1. The van der Waals surface area contributed by atoms with Gasteiger partial charge in [0.2, 0.25) is 0 Å². The number of carboxylic acid groups (broad SMARTS) is 1. The molecule has 0 saturated carbocycles. The van der Waals surface area contributed by atoms with Crippen LogP contribution in [-0.2, 0) is 0 Å². The molecule has 3 heteroatoms. The predicted molar refractivity (Wildman–Crippen MR) is 39.2 cm³/mol. The molecule has 47 valence electrons. The van der Waals surface area contributed by atoms with Crippen LogP contribution in [0.3, 0.4) is 0 Å².